The van der Waals surface area contributed by atoms with Gasteiger partial charge in [-0.3, -0.25) is 10.1 Å². The van der Waals surface area contributed by atoms with Crippen LogP contribution in [0.1, 0.15) is 5.56 Å². The molecule has 0 radical (unpaired) electrons. The average Bonchev–Trinajstić information content (AvgIpc) is 2.28. The summed E-state index contributed by atoms with van der Waals surface area (Å²) in [6, 6.07) is 6.66. The Labute approximate surface area is 91.8 Å². The van der Waals surface area contributed by atoms with Crippen molar-refractivity contribution in [3.63, 3.8) is 0 Å². The fraction of sp³-hybridized carbons (Fsp3) is 0.182. The van der Waals surface area contributed by atoms with E-state index in [1.165, 1.54) is 13.2 Å². The number of para-hydroxylation sites is 1. The summed E-state index contributed by atoms with van der Waals surface area (Å²) in [4.78, 5) is 14.5. The number of nitro groups is 1. The molecule has 0 spiro atoms. The molecule has 82 valence electrons. The molecule has 5 nitrogen and oxygen atoms in total. The third kappa shape index (κ3) is 1.56. The van der Waals surface area contributed by atoms with E-state index in [0.717, 1.165) is 10.9 Å². The van der Waals surface area contributed by atoms with Crippen molar-refractivity contribution < 1.29 is 9.66 Å². The van der Waals surface area contributed by atoms with Crippen molar-refractivity contribution in [3.8, 4) is 5.88 Å². The Morgan fingerprint density at radius 2 is 2.19 bits per heavy atom. The van der Waals surface area contributed by atoms with E-state index in [1.807, 2.05) is 13.0 Å². The smallest absolute Gasteiger partial charge is 0.295 e. The van der Waals surface area contributed by atoms with Gasteiger partial charge in [-0.15, -0.1) is 0 Å². The van der Waals surface area contributed by atoms with Crippen LogP contribution in [0.5, 0.6) is 5.88 Å². The summed E-state index contributed by atoms with van der Waals surface area (Å²) >= 11 is 0. The van der Waals surface area contributed by atoms with Crippen LogP contribution in [-0.4, -0.2) is 17.0 Å². The van der Waals surface area contributed by atoms with Gasteiger partial charge in [0.05, 0.1) is 12.0 Å². The number of fused-ring (bicyclic) bond motifs is 1. The number of aromatic nitrogens is 1. The molecule has 0 saturated heterocycles. The van der Waals surface area contributed by atoms with E-state index in [0.29, 0.717) is 11.4 Å². The van der Waals surface area contributed by atoms with E-state index in [1.54, 1.807) is 12.1 Å². The summed E-state index contributed by atoms with van der Waals surface area (Å²) in [7, 11) is 1.49. The number of benzene rings is 1. The first-order valence-electron chi connectivity index (χ1n) is 4.72. The standard InChI is InChI=1S/C11H10N2O3/c1-7-6-10(16-2)12-11-8(7)4-3-5-9(11)13(14)15/h3-6H,1-2H3. The minimum atomic E-state index is -0.436. The zero-order chi connectivity index (χ0) is 11.7. The SMILES string of the molecule is COc1cc(C)c2cccc([N+](=O)[O-])c2n1. The third-order valence-electron chi connectivity index (χ3n) is 2.41. The van der Waals surface area contributed by atoms with Crippen LogP contribution in [0.4, 0.5) is 5.69 Å². The van der Waals surface area contributed by atoms with Crippen molar-refractivity contribution in [2.75, 3.05) is 7.11 Å². The van der Waals surface area contributed by atoms with Gasteiger partial charge >= 0.3 is 0 Å². The van der Waals surface area contributed by atoms with Crippen molar-refractivity contribution in [1.82, 2.24) is 4.98 Å². The van der Waals surface area contributed by atoms with Crippen LogP contribution in [0.2, 0.25) is 0 Å². The molecule has 0 atom stereocenters. The second kappa shape index (κ2) is 3.77. The highest BCUT2D eigenvalue weighted by atomic mass is 16.6. The van der Waals surface area contributed by atoms with Crippen LogP contribution in [0, 0.1) is 17.0 Å². The minimum absolute atomic E-state index is 0.000463. The lowest BCUT2D eigenvalue weighted by Crippen LogP contribution is -1.95. The number of methoxy groups -OCH3 is 1. The number of ether oxygens (including phenoxy) is 1. The number of pyridine rings is 1. The fourth-order valence-corrected chi connectivity index (χ4v) is 1.62. The molecule has 1 aromatic carbocycles. The van der Waals surface area contributed by atoms with Crippen LogP contribution >= 0.6 is 0 Å². The van der Waals surface area contributed by atoms with Gasteiger partial charge in [-0.25, -0.2) is 4.98 Å². The quantitative estimate of drug-likeness (QED) is 0.573. The molecule has 0 saturated carbocycles. The number of rotatable bonds is 2. The summed E-state index contributed by atoms with van der Waals surface area (Å²) < 4.78 is 5.00. The molecule has 1 heterocycles. The Kier molecular flexibility index (Phi) is 2.44. The van der Waals surface area contributed by atoms with Gasteiger partial charge < -0.3 is 4.74 Å². The van der Waals surface area contributed by atoms with Crippen molar-refractivity contribution in [2.45, 2.75) is 6.92 Å². The minimum Gasteiger partial charge on any atom is -0.481 e. The molecule has 2 rings (SSSR count). The molecule has 0 aliphatic rings. The predicted molar refractivity (Wildman–Crippen MR) is 59.7 cm³/mol. The lowest BCUT2D eigenvalue weighted by molar-refractivity contribution is -0.383. The van der Waals surface area contributed by atoms with Crippen molar-refractivity contribution in [3.05, 3.63) is 39.9 Å². The summed E-state index contributed by atoms with van der Waals surface area (Å²) in [6.45, 7) is 1.87. The molecule has 0 aliphatic carbocycles. The molecule has 1 aromatic heterocycles. The first-order chi connectivity index (χ1) is 7.63. The fourth-order valence-electron chi connectivity index (χ4n) is 1.62. The van der Waals surface area contributed by atoms with Gasteiger partial charge in [-0.1, -0.05) is 12.1 Å². The van der Waals surface area contributed by atoms with E-state index in [9.17, 15) is 10.1 Å². The first kappa shape index (κ1) is 10.4. The second-order valence-corrected chi connectivity index (χ2v) is 3.41. The molecular weight excluding hydrogens is 208 g/mol. The molecular formula is C11H10N2O3. The lowest BCUT2D eigenvalue weighted by atomic mass is 10.1. The number of hydrogen-bond donors (Lipinski definition) is 0. The Bertz CT molecular complexity index is 566. The molecule has 0 amide bonds. The number of non-ortho nitro benzene ring substituents is 1. The number of nitrogens with zero attached hydrogens (tertiary/aromatic N) is 2. The van der Waals surface area contributed by atoms with E-state index in [2.05, 4.69) is 4.98 Å². The molecule has 2 aromatic rings. The van der Waals surface area contributed by atoms with Gasteiger partial charge in [0.2, 0.25) is 5.88 Å². The highest BCUT2D eigenvalue weighted by molar-refractivity contribution is 5.90. The molecule has 0 fully saturated rings. The molecule has 5 heteroatoms. The highest BCUT2D eigenvalue weighted by Crippen LogP contribution is 2.28. The normalized spacial score (nSPS) is 10.4. The van der Waals surface area contributed by atoms with E-state index in [4.69, 9.17) is 4.74 Å². The topological polar surface area (TPSA) is 65.3 Å². The summed E-state index contributed by atoms with van der Waals surface area (Å²) in [5.41, 5.74) is 1.27. The van der Waals surface area contributed by atoms with Gasteiger partial charge in [0.15, 0.2) is 5.52 Å². The van der Waals surface area contributed by atoms with Crippen LogP contribution < -0.4 is 4.74 Å². The number of nitro benzene ring substituents is 1. The van der Waals surface area contributed by atoms with Crippen LogP contribution in [0.3, 0.4) is 0 Å². The summed E-state index contributed by atoms with van der Waals surface area (Å²) in [5, 5.41) is 11.6. The van der Waals surface area contributed by atoms with Crippen molar-refractivity contribution in [1.29, 1.82) is 0 Å². The Morgan fingerprint density at radius 3 is 2.81 bits per heavy atom. The monoisotopic (exact) mass is 218 g/mol. The molecule has 16 heavy (non-hydrogen) atoms. The zero-order valence-electron chi connectivity index (χ0n) is 8.93. The number of hydrogen-bond acceptors (Lipinski definition) is 4. The summed E-state index contributed by atoms with van der Waals surface area (Å²) in [6.07, 6.45) is 0. The zero-order valence-corrected chi connectivity index (χ0v) is 8.93. The summed E-state index contributed by atoms with van der Waals surface area (Å²) in [5.74, 6) is 0.388. The largest absolute Gasteiger partial charge is 0.481 e. The molecule has 0 unspecified atom stereocenters. The van der Waals surface area contributed by atoms with Crippen molar-refractivity contribution >= 4 is 16.6 Å². The van der Waals surface area contributed by atoms with Crippen LogP contribution in [0.15, 0.2) is 24.3 Å². The van der Waals surface area contributed by atoms with Gasteiger partial charge in [-0.2, -0.15) is 0 Å². The van der Waals surface area contributed by atoms with Gasteiger partial charge in [0.1, 0.15) is 0 Å². The van der Waals surface area contributed by atoms with Crippen LogP contribution in [0.25, 0.3) is 10.9 Å². The molecule has 0 aliphatic heterocycles. The molecule has 0 N–H and O–H groups in total. The van der Waals surface area contributed by atoms with Gasteiger partial charge in [-0.05, 0) is 12.5 Å². The first-order valence-corrected chi connectivity index (χ1v) is 4.72. The Balaban J connectivity index is 2.85. The second-order valence-electron chi connectivity index (χ2n) is 3.41. The third-order valence-corrected chi connectivity index (χ3v) is 2.41. The lowest BCUT2D eigenvalue weighted by Gasteiger charge is -2.05. The number of aryl methyl sites for hydroxylation is 1. The Hall–Kier alpha value is -2.17. The van der Waals surface area contributed by atoms with E-state index in [-0.39, 0.29) is 5.69 Å². The average molecular weight is 218 g/mol. The van der Waals surface area contributed by atoms with E-state index >= 15 is 0 Å². The van der Waals surface area contributed by atoms with Crippen molar-refractivity contribution in [2.24, 2.45) is 0 Å². The maximum atomic E-state index is 10.9. The predicted octanol–water partition coefficient (Wildman–Crippen LogP) is 2.46. The molecule has 0 bridgehead atoms. The van der Waals surface area contributed by atoms with E-state index < -0.39 is 4.92 Å². The highest BCUT2D eigenvalue weighted by Gasteiger charge is 2.14. The Morgan fingerprint density at radius 1 is 1.44 bits per heavy atom. The maximum absolute atomic E-state index is 10.9. The van der Waals surface area contributed by atoms with Gasteiger partial charge in [0.25, 0.3) is 5.69 Å². The maximum Gasteiger partial charge on any atom is 0.295 e. The van der Waals surface area contributed by atoms with Crippen LogP contribution in [-0.2, 0) is 0 Å². The van der Waals surface area contributed by atoms with Gasteiger partial charge in [0, 0.05) is 17.5 Å².